The van der Waals surface area contributed by atoms with Crippen LogP contribution in [0.25, 0.3) is 0 Å². The van der Waals surface area contributed by atoms with Crippen LogP contribution in [0.1, 0.15) is 0 Å². The second kappa shape index (κ2) is 4.37. The van der Waals surface area contributed by atoms with Crippen molar-refractivity contribution in [2.45, 2.75) is 9.79 Å². The topological polar surface area (TPSA) is 0 Å². The molecular weight excluding hydrogens is 224 g/mol. The molecule has 4 heteroatoms. The average Bonchev–Trinajstić information content (AvgIpc) is 2.74. The minimum atomic E-state index is 1.34. The molecule has 0 unspecified atom stereocenters. The molecule has 0 nitrogen and oxygen atoms in total. The Kier molecular flexibility index (Phi) is 3.16. The normalized spacial score (nSPS) is 10.3. The first-order chi connectivity index (χ1) is 5.95. The summed E-state index contributed by atoms with van der Waals surface area (Å²) in [4.78, 5) is 2.69. The van der Waals surface area contributed by atoms with Gasteiger partial charge in [-0.1, -0.05) is 21.6 Å². The molecule has 0 radical (unpaired) electrons. The van der Waals surface area contributed by atoms with Crippen LogP contribution in [0.4, 0.5) is 0 Å². The van der Waals surface area contributed by atoms with Crippen LogP contribution >= 0.6 is 44.3 Å². The lowest BCUT2D eigenvalue weighted by atomic mass is 10.7. The SMILES string of the molecule is c1cc(SSc2ccsc2)cs1. The Labute approximate surface area is 87.4 Å². The van der Waals surface area contributed by atoms with Crippen molar-refractivity contribution in [2.24, 2.45) is 0 Å². The number of rotatable bonds is 3. The summed E-state index contributed by atoms with van der Waals surface area (Å²) in [6, 6.07) is 4.30. The molecular formula is C8H6S4. The standard InChI is InChI=1S/C8H6S4/c1-3-9-5-7(1)11-12-8-2-4-10-6-8/h1-6H. The average molecular weight is 230 g/mol. The van der Waals surface area contributed by atoms with Gasteiger partial charge in [0.2, 0.25) is 0 Å². The third kappa shape index (κ3) is 2.29. The Morgan fingerprint density at radius 3 is 1.67 bits per heavy atom. The van der Waals surface area contributed by atoms with Gasteiger partial charge in [-0.25, -0.2) is 0 Å². The Morgan fingerprint density at radius 1 is 0.833 bits per heavy atom. The summed E-state index contributed by atoms with van der Waals surface area (Å²) < 4.78 is 0. The fraction of sp³-hybridized carbons (Fsp3) is 0. The van der Waals surface area contributed by atoms with Gasteiger partial charge in [0.05, 0.1) is 0 Å². The van der Waals surface area contributed by atoms with Crippen LogP contribution in [0.3, 0.4) is 0 Å². The molecule has 0 N–H and O–H groups in total. The zero-order valence-corrected chi connectivity index (χ0v) is 9.36. The maximum absolute atomic E-state index is 2.17. The zero-order chi connectivity index (χ0) is 8.23. The molecule has 0 aliphatic rings. The summed E-state index contributed by atoms with van der Waals surface area (Å²) in [5, 5.41) is 8.56. The first-order valence-corrected chi connectivity index (χ1v) is 7.37. The van der Waals surface area contributed by atoms with E-state index in [0.717, 1.165) is 0 Å². The van der Waals surface area contributed by atoms with Gasteiger partial charge in [-0.2, -0.15) is 22.7 Å². The lowest BCUT2D eigenvalue weighted by Gasteiger charge is -1.92. The van der Waals surface area contributed by atoms with Crippen molar-refractivity contribution in [3.8, 4) is 0 Å². The summed E-state index contributed by atoms with van der Waals surface area (Å²) >= 11 is 3.49. The smallest absolute Gasteiger partial charge is 0.0293 e. The van der Waals surface area contributed by atoms with E-state index in [1.807, 2.05) is 21.6 Å². The Morgan fingerprint density at radius 2 is 1.33 bits per heavy atom. The first kappa shape index (κ1) is 8.69. The van der Waals surface area contributed by atoms with Crippen molar-refractivity contribution < 1.29 is 0 Å². The monoisotopic (exact) mass is 230 g/mol. The molecule has 0 bridgehead atoms. The maximum atomic E-state index is 2.17. The van der Waals surface area contributed by atoms with Gasteiger partial charge in [-0.3, -0.25) is 0 Å². The molecule has 0 fully saturated rings. The van der Waals surface area contributed by atoms with E-state index in [1.165, 1.54) is 9.79 Å². The third-order valence-electron chi connectivity index (χ3n) is 1.22. The van der Waals surface area contributed by atoms with Crippen molar-refractivity contribution in [1.82, 2.24) is 0 Å². The van der Waals surface area contributed by atoms with Crippen LogP contribution in [0.2, 0.25) is 0 Å². The Balaban J connectivity index is 1.91. The van der Waals surface area contributed by atoms with Crippen molar-refractivity contribution in [1.29, 1.82) is 0 Å². The number of hydrogen-bond acceptors (Lipinski definition) is 4. The summed E-state index contributed by atoms with van der Waals surface area (Å²) in [7, 11) is 3.64. The minimum absolute atomic E-state index is 1.34. The number of hydrogen-bond donors (Lipinski definition) is 0. The van der Waals surface area contributed by atoms with Crippen LogP contribution in [0.5, 0.6) is 0 Å². The van der Waals surface area contributed by atoms with Gasteiger partial charge in [0.25, 0.3) is 0 Å². The quantitative estimate of drug-likeness (QED) is 0.706. The van der Waals surface area contributed by atoms with Gasteiger partial charge in [0.15, 0.2) is 0 Å². The highest BCUT2D eigenvalue weighted by Gasteiger charge is 1.96. The predicted molar refractivity (Wildman–Crippen MR) is 60.4 cm³/mol. The van der Waals surface area contributed by atoms with Gasteiger partial charge in [-0.05, 0) is 22.9 Å². The molecule has 2 aromatic heterocycles. The molecule has 0 atom stereocenters. The largest absolute Gasteiger partial charge is 0.151 e. The summed E-state index contributed by atoms with van der Waals surface area (Å²) in [6.07, 6.45) is 0. The highest BCUT2D eigenvalue weighted by molar-refractivity contribution is 8.76. The highest BCUT2D eigenvalue weighted by Crippen LogP contribution is 2.38. The maximum Gasteiger partial charge on any atom is 0.0293 e. The highest BCUT2D eigenvalue weighted by atomic mass is 33.1. The Hall–Kier alpha value is 0.1000. The lowest BCUT2D eigenvalue weighted by molar-refractivity contribution is 1.60. The molecule has 0 saturated heterocycles. The molecule has 2 heterocycles. The van der Waals surface area contributed by atoms with E-state index in [4.69, 9.17) is 0 Å². The second-order valence-electron chi connectivity index (χ2n) is 2.08. The van der Waals surface area contributed by atoms with Crippen molar-refractivity contribution >= 4 is 44.3 Å². The zero-order valence-electron chi connectivity index (χ0n) is 6.10. The van der Waals surface area contributed by atoms with Crippen molar-refractivity contribution in [3.05, 3.63) is 33.7 Å². The summed E-state index contributed by atoms with van der Waals surface area (Å²) in [6.45, 7) is 0. The summed E-state index contributed by atoms with van der Waals surface area (Å²) in [5.41, 5.74) is 0. The van der Waals surface area contributed by atoms with Gasteiger partial charge in [0.1, 0.15) is 0 Å². The van der Waals surface area contributed by atoms with Crippen LogP contribution in [0.15, 0.2) is 43.4 Å². The van der Waals surface area contributed by atoms with Crippen LogP contribution in [-0.2, 0) is 0 Å². The number of thiophene rings is 2. The molecule has 0 aromatic carbocycles. The minimum Gasteiger partial charge on any atom is -0.151 e. The first-order valence-electron chi connectivity index (χ1n) is 3.34. The van der Waals surface area contributed by atoms with Crippen LogP contribution in [0, 0.1) is 0 Å². The predicted octanol–water partition coefficient (Wildman–Crippen LogP) is 4.61. The third-order valence-corrected chi connectivity index (χ3v) is 5.27. The van der Waals surface area contributed by atoms with Crippen LogP contribution < -0.4 is 0 Å². The van der Waals surface area contributed by atoms with E-state index >= 15 is 0 Å². The molecule has 0 spiro atoms. The van der Waals surface area contributed by atoms with Gasteiger partial charge < -0.3 is 0 Å². The van der Waals surface area contributed by atoms with E-state index in [2.05, 4.69) is 33.7 Å². The van der Waals surface area contributed by atoms with E-state index in [0.29, 0.717) is 0 Å². The van der Waals surface area contributed by atoms with E-state index in [9.17, 15) is 0 Å². The fourth-order valence-electron chi connectivity index (χ4n) is 0.695. The van der Waals surface area contributed by atoms with E-state index < -0.39 is 0 Å². The second-order valence-corrected chi connectivity index (χ2v) is 5.92. The van der Waals surface area contributed by atoms with Crippen molar-refractivity contribution in [3.63, 3.8) is 0 Å². The molecule has 2 rings (SSSR count). The molecule has 62 valence electrons. The van der Waals surface area contributed by atoms with Gasteiger partial charge >= 0.3 is 0 Å². The van der Waals surface area contributed by atoms with Crippen LogP contribution in [-0.4, -0.2) is 0 Å². The molecule has 0 aliphatic heterocycles. The molecule has 0 amide bonds. The van der Waals surface area contributed by atoms with E-state index in [-0.39, 0.29) is 0 Å². The fourth-order valence-corrected chi connectivity index (χ4v) is 4.61. The summed E-state index contributed by atoms with van der Waals surface area (Å²) in [5.74, 6) is 0. The van der Waals surface area contributed by atoms with Gasteiger partial charge in [-0.15, -0.1) is 0 Å². The van der Waals surface area contributed by atoms with Gasteiger partial charge in [0, 0.05) is 20.6 Å². The molecule has 0 saturated carbocycles. The molecule has 0 aliphatic carbocycles. The van der Waals surface area contributed by atoms with Crippen molar-refractivity contribution in [2.75, 3.05) is 0 Å². The molecule has 2 aromatic rings. The Bertz CT molecular complexity index is 274. The molecule has 12 heavy (non-hydrogen) atoms. The van der Waals surface area contributed by atoms with E-state index in [1.54, 1.807) is 22.7 Å². The lowest BCUT2D eigenvalue weighted by Crippen LogP contribution is -1.55.